The van der Waals surface area contributed by atoms with Gasteiger partial charge in [0.2, 0.25) is 15.5 Å². The van der Waals surface area contributed by atoms with Crippen molar-refractivity contribution in [3.8, 4) is 11.4 Å². The molecular weight excluding hydrogens is 402 g/mol. The maximum atomic E-state index is 13.1. The van der Waals surface area contributed by atoms with Crippen LogP contribution in [0.5, 0.6) is 5.75 Å². The number of aromatic nitrogens is 1. The molecule has 2 aliphatic rings. The van der Waals surface area contributed by atoms with Gasteiger partial charge >= 0.3 is 0 Å². The summed E-state index contributed by atoms with van der Waals surface area (Å²) in [5.41, 5.74) is 1.27. The number of pyridine rings is 1. The van der Waals surface area contributed by atoms with E-state index in [4.69, 9.17) is 4.74 Å². The van der Waals surface area contributed by atoms with Crippen molar-refractivity contribution in [2.75, 3.05) is 33.3 Å². The van der Waals surface area contributed by atoms with Gasteiger partial charge in [-0.05, 0) is 44.0 Å². The lowest BCUT2D eigenvalue weighted by Crippen LogP contribution is -2.51. The number of hydrogen-bond donors (Lipinski definition) is 0. The largest absolute Gasteiger partial charge is 0.491 e. The monoisotopic (exact) mass is 431 g/mol. The third-order valence-corrected chi connectivity index (χ3v) is 8.27. The van der Waals surface area contributed by atoms with Gasteiger partial charge < -0.3 is 9.30 Å². The van der Waals surface area contributed by atoms with E-state index in [-0.39, 0.29) is 11.2 Å². The molecule has 0 bridgehead atoms. The van der Waals surface area contributed by atoms with Crippen LogP contribution in [0.1, 0.15) is 31.4 Å². The fraction of sp³-hybridized carbons (Fsp3) is 0.500. The summed E-state index contributed by atoms with van der Waals surface area (Å²) >= 11 is 0. The SMILES string of the molecule is COc1c(C)n(-c2ccc(S(=O)(=O)N3CCN(C4CCCC4)CC3)cc2)ccc1=O. The van der Waals surface area contributed by atoms with E-state index in [0.717, 1.165) is 18.8 Å². The minimum Gasteiger partial charge on any atom is -0.491 e. The van der Waals surface area contributed by atoms with Gasteiger partial charge in [0.25, 0.3) is 0 Å². The molecule has 1 saturated heterocycles. The Hall–Kier alpha value is -2.16. The molecule has 1 aromatic heterocycles. The van der Waals surface area contributed by atoms with Crippen LogP contribution >= 0.6 is 0 Å². The van der Waals surface area contributed by atoms with Crippen molar-refractivity contribution in [1.29, 1.82) is 0 Å². The van der Waals surface area contributed by atoms with Crippen LogP contribution in [0, 0.1) is 6.92 Å². The first-order valence-electron chi connectivity index (χ1n) is 10.5. The second-order valence-electron chi connectivity index (χ2n) is 8.04. The van der Waals surface area contributed by atoms with E-state index in [1.165, 1.54) is 38.9 Å². The summed E-state index contributed by atoms with van der Waals surface area (Å²) in [6, 6.07) is 8.87. The van der Waals surface area contributed by atoms with Crippen LogP contribution in [-0.2, 0) is 10.0 Å². The quantitative estimate of drug-likeness (QED) is 0.727. The Labute approximate surface area is 177 Å². The molecule has 1 saturated carbocycles. The maximum Gasteiger partial charge on any atom is 0.243 e. The Balaban J connectivity index is 1.50. The van der Waals surface area contributed by atoms with Gasteiger partial charge in [-0.3, -0.25) is 9.69 Å². The van der Waals surface area contributed by atoms with Crippen LogP contribution in [0.15, 0.2) is 46.2 Å². The van der Waals surface area contributed by atoms with Crippen molar-refractivity contribution < 1.29 is 13.2 Å². The average Bonchev–Trinajstić information content (AvgIpc) is 3.29. The third-order valence-electron chi connectivity index (χ3n) is 6.36. The summed E-state index contributed by atoms with van der Waals surface area (Å²) in [6.07, 6.45) is 6.73. The number of rotatable bonds is 5. The Kier molecular flexibility index (Phi) is 5.99. The summed E-state index contributed by atoms with van der Waals surface area (Å²) in [5, 5.41) is 0. The van der Waals surface area contributed by atoms with E-state index in [2.05, 4.69) is 4.90 Å². The molecule has 4 rings (SSSR count). The summed E-state index contributed by atoms with van der Waals surface area (Å²) in [5.74, 6) is 0.286. The van der Waals surface area contributed by atoms with Crippen molar-refractivity contribution in [2.24, 2.45) is 0 Å². The Morgan fingerprint density at radius 2 is 1.60 bits per heavy atom. The molecule has 0 unspecified atom stereocenters. The third kappa shape index (κ3) is 3.91. The van der Waals surface area contributed by atoms with E-state index in [1.54, 1.807) is 41.7 Å². The first kappa shape index (κ1) is 21.1. The molecule has 2 aromatic rings. The highest BCUT2D eigenvalue weighted by Crippen LogP contribution is 2.26. The minimum atomic E-state index is -3.51. The maximum absolute atomic E-state index is 13.1. The molecule has 1 aliphatic carbocycles. The summed E-state index contributed by atoms with van der Waals surface area (Å²) in [6.45, 7) is 4.48. The topological polar surface area (TPSA) is 71.8 Å². The molecule has 30 heavy (non-hydrogen) atoms. The van der Waals surface area contributed by atoms with E-state index < -0.39 is 10.0 Å². The number of hydrogen-bond acceptors (Lipinski definition) is 5. The molecular formula is C22H29N3O4S. The number of ether oxygens (including phenoxy) is 1. The molecule has 8 heteroatoms. The second-order valence-corrected chi connectivity index (χ2v) is 9.98. The Bertz CT molecular complexity index is 1050. The minimum absolute atomic E-state index is 0.179. The fourth-order valence-electron chi connectivity index (χ4n) is 4.65. The first-order chi connectivity index (χ1) is 14.4. The summed E-state index contributed by atoms with van der Waals surface area (Å²) < 4.78 is 34.8. The van der Waals surface area contributed by atoms with Crippen molar-refractivity contribution in [1.82, 2.24) is 13.8 Å². The standard InChI is InChI=1S/C22H29N3O4S/c1-17-22(29-2)21(26)11-12-25(17)19-7-9-20(10-8-19)30(27,28)24-15-13-23(14-16-24)18-5-3-4-6-18/h7-12,18H,3-6,13-16H2,1-2H3. The van der Waals surface area contributed by atoms with Crippen LogP contribution < -0.4 is 10.2 Å². The van der Waals surface area contributed by atoms with Gasteiger partial charge in [0.1, 0.15) is 0 Å². The molecule has 1 aliphatic heterocycles. The van der Waals surface area contributed by atoms with Gasteiger partial charge in [0.05, 0.1) is 17.7 Å². The van der Waals surface area contributed by atoms with Crippen molar-refractivity contribution >= 4 is 10.0 Å². The second kappa shape index (κ2) is 8.53. The van der Waals surface area contributed by atoms with Crippen LogP contribution in [0.3, 0.4) is 0 Å². The van der Waals surface area contributed by atoms with Crippen LogP contribution in [-0.4, -0.2) is 61.5 Å². The first-order valence-corrected chi connectivity index (χ1v) is 12.0. The van der Waals surface area contributed by atoms with Crippen molar-refractivity contribution in [3.05, 3.63) is 52.4 Å². The lowest BCUT2D eigenvalue weighted by Gasteiger charge is -2.37. The van der Waals surface area contributed by atoms with E-state index in [0.29, 0.717) is 29.7 Å². The number of methoxy groups -OCH3 is 1. The van der Waals surface area contributed by atoms with Gasteiger partial charge in [-0.2, -0.15) is 4.31 Å². The van der Waals surface area contributed by atoms with E-state index in [1.807, 2.05) is 4.57 Å². The zero-order valence-electron chi connectivity index (χ0n) is 17.6. The smallest absolute Gasteiger partial charge is 0.243 e. The lowest BCUT2D eigenvalue weighted by molar-refractivity contribution is 0.139. The molecule has 2 heterocycles. The molecule has 2 fully saturated rings. The highest BCUT2D eigenvalue weighted by Gasteiger charge is 2.31. The number of sulfonamides is 1. The lowest BCUT2D eigenvalue weighted by atomic mass is 10.2. The normalized spacial score (nSPS) is 19.3. The molecule has 162 valence electrons. The molecule has 0 amide bonds. The molecule has 1 aromatic carbocycles. The zero-order valence-corrected chi connectivity index (χ0v) is 18.4. The summed E-state index contributed by atoms with van der Waals surface area (Å²) in [7, 11) is -2.05. The van der Waals surface area contributed by atoms with Crippen LogP contribution in [0.4, 0.5) is 0 Å². The van der Waals surface area contributed by atoms with Crippen LogP contribution in [0.2, 0.25) is 0 Å². The van der Waals surface area contributed by atoms with E-state index >= 15 is 0 Å². The molecule has 0 N–H and O–H groups in total. The van der Waals surface area contributed by atoms with Crippen molar-refractivity contribution in [2.45, 2.75) is 43.5 Å². The highest BCUT2D eigenvalue weighted by molar-refractivity contribution is 7.89. The molecule has 7 nitrogen and oxygen atoms in total. The number of piperazine rings is 1. The molecule has 0 atom stereocenters. The highest BCUT2D eigenvalue weighted by atomic mass is 32.2. The number of nitrogens with zero attached hydrogens (tertiary/aromatic N) is 3. The van der Waals surface area contributed by atoms with E-state index in [9.17, 15) is 13.2 Å². The predicted molar refractivity (Wildman–Crippen MR) is 116 cm³/mol. The predicted octanol–water partition coefficient (Wildman–Crippen LogP) is 2.40. The van der Waals surface area contributed by atoms with Gasteiger partial charge in [-0.15, -0.1) is 0 Å². The number of benzene rings is 1. The fourth-order valence-corrected chi connectivity index (χ4v) is 6.07. The Morgan fingerprint density at radius 3 is 2.20 bits per heavy atom. The van der Waals surface area contributed by atoms with Gasteiger partial charge in [-0.1, -0.05) is 12.8 Å². The Morgan fingerprint density at radius 1 is 0.967 bits per heavy atom. The van der Waals surface area contributed by atoms with Gasteiger partial charge in [-0.25, -0.2) is 8.42 Å². The molecule has 0 spiro atoms. The summed E-state index contributed by atoms with van der Waals surface area (Å²) in [4.78, 5) is 14.6. The molecule has 0 radical (unpaired) electrons. The van der Waals surface area contributed by atoms with Gasteiger partial charge in [0, 0.05) is 50.2 Å². The zero-order chi connectivity index (χ0) is 21.3. The van der Waals surface area contributed by atoms with Crippen molar-refractivity contribution in [3.63, 3.8) is 0 Å². The van der Waals surface area contributed by atoms with Crippen LogP contribution in [0.25, 0.3) is 5.69 Å². The van der Waals surface area contributed by atoms with Gasteiger partial charge in [0.15, 0.2) is 5.75 Å². The average molecular weight is 432 g/mol.